The number of ether oxygens (including phenoxy) is 4. The Labute approximate surface area is 75.7 Å². The van der Waals surface area contributed by atoms with E-state index in [2.05, 4.69) is 18.9 Å². The molecule has 0 aliphatic carbocycles. The highest BCUT2D eigenvalue weighted by Gasteiger charge is 2.11. The molecule has 76 valence electrons. The standard InChI is InChI=1S/C7H12O6/c1-5(13-7(9)11-3)4-12-6(8)10-2/h5H,4H2,1-3H3. The van der Waals surface area contributed by atoms with Gasteiger partial charge in [-0.2, -0.15) is 0 Å². The molecule has 0 aromatic carbocycles. The summed E-state index contributed by atoms with van der Waals surface area (Å²) in [6.07, 6.45) is -2.20. The van der Waals surface area contributed by atoms with Crippen LogP contribution in [0.15, 0.2) is 0 Å². The maximum atomic E-state index is 10.5. The fraction of sp³-hybridized carbons (Fsp3) is 0.714. The minimum absolute atomic E-state index is 0.0677. The van der Waals surface area contributed by atoms with Crippen LogP contribution in [0.4, 0.5) is 9.59 Å². The third kappa shape index (κ3) is 5.77. The van der Waals surface area contributed by atoms with Gasteiger partial charge >= 0.3 is 12.3 Å². The van der Waals surface area contributed by atoms with Crippen molar-refractivity contribution in [2.75, 3.05) is 20.8 Å². The molecule has 0 N–H and O–H groups in total. The highest BCUT2D eigenvalue weighted by Crippen LogP contribution is 1.95. The van der Waals surface area contributed by atoms with Crippen LogP contribution in [0.2, 0.25) is 0 Å². The highest BCUT2D eigenvalue weighted by molar-refractivity contribution is 5.60. The quantitative estimate of drug-likeness (QED) is 0.619. The van der Waals surface area contributed by atoms with E-state index in [1.165, 1.54) is 14.2 Å². The Bertz CT molecular complexity index is 178. The zero-order valence-corrected chi connectivity index (χ0v) is 7.73. The molecule has 13 heavy (non-hydrogen) atoms. The zero-order valence-electron chi connectivity index (χ0n) is 7.73. The maximum absolute atomic E-state index is 10.5. The average molecular weight is 192 g/mol. The van der Waals surface area contributed by atoms with Crippen LogP contribution in [-0.2, 0) is 18.9 Å². The van der Waals surface area contributed by atoms with Crippen LogP contribution < -0.4 is 0 Å². The number of methoxy groups -OCH3 is 2. The molecule has 6 nitrogen and oxygen atoms in total. The summed E-state index contributed by atoms with van der Waals surface area (Å²) in [5.41, 5.74) is 0. The van der Waals surface area contributed by atoms with Gasteiger partial charge in [0.1, 0.15) is 12.7 Å². The lowest BCUT2D eigenvalue weighted by molar-refractivity contribution is 0.000325. The van der Waals surface area contributed by atoms with Gasteiger partial charge in [0.05, 0.1) is 14.2 Å². The number of rotatable bonds is 3. The van der Waals surface area contributed by atoms with Gasteiger partial charge in [-0.1, -0.05) is 0 Å². The molecule has 1 unspecified atom stereocenters. The SMILES string of the molecule is COC(=O)OCC(C)OC(=O)OC. The van der Waals surface area contributed by atoms with E-state index < -0.39 is 18.4 Å². The predicted molar refractivity (Wildman–Crippen MR) is 41.3 cm³/mol. The van der Waals surface area contributed by atoms with Crippen LogP contribution in [0.1, 0.15) is 6.92 Å². The lowest BCUT2D eigenvalue weighted by atomic mass is 10.4. The second-order valence-electron chi connectivity index (χ2n) is 2.15. The van der Waals surface area contributed by atoms with E-state index in [4.69, 9.17) is 0 Å². The first-order valence-corrected chi connectivity index (χ1v) is 3.55. The van der Waals surface area contributed by atoms with Crippen LogP contribution >= 0.6 is 0 Å². The van der Waals surface area contributed by atoms with Crippen molar-refractivity contribution in [3.05, 3.63) is 0 Å². The molecule has 0 heterocycles. The van der Waals surface area contributed by atoms with Crippen molar-refractivity contribution in [3.63, 3.8) is 0 Å². The Hall–Kier alpha value is -1.46. The fourth-order valence-corrected chi connectivity index (χ4v) is 0.491. The van der Waals surface area contributed by atoms with E-state index in [1.807, 2.05) is 0 Å². The molecular formula is C7H12O6. The molecule has 0 aliphatic rings. The van der Waals surface area contributed by atoms with Gasteiger partial charge in [0.2, 0.25) is 0 Å². The van der Waals surface area contributed by atoms with Crippen LogP contribution in [0.3, 0.4) is 0 Å². The first-order valence-electron chi connectivity index (χ1n) is 3.55. The average Bonchev–Trinajstić information content (AvgIpc) is 2.13. The second-order valence-corrected chi connectivity index (χ2v) is 2.15. The first kappa shape index (κ1) is 11.5. The molecule has 0 saturated heterocycles. The Morgan fingerprint density at radius 2 is 1.69 bits per heavy atom. The monoisotopic (exact) mass is 192 g/mol. The summed E-state index contributed by atoms with van der Waals surface area (Å²) in [6.45, 7) is 1.49. The molecule has 0 saturated carbocycles. The Balaban J connectivity index is 3.56. The van der Waals surface area contributed by atoms with Crippen molar-refractivity contribution >= 4 is 12.3 Å². The van der Waals surface area contributed by atoms with Crippen molar-refractivity contribution in [1.82, 2.24) is 0 Å². The molecule has 6 heteroatoms. The number of carbonyl (C=O) groups is 2. The van der Waals surface area contributed by atoms with Crippen molar-refractivity contribution in [2.45, 2.75) is 13.0 Å². The molecule has 0 aromatic rings. The maximum Gasteiger partial charge on any atom is 0.508 e. The van der Waals surface area contributed by atoms with Crippen molar-refractivity contribution < 1.29 is 28.5 Å². The predicted octanol–water partition coefficient (Wildman–Crippen LogP) is 0.941. The van der Waals surface area contributed by atoms with Gasteiger partial charge in [0.15, 0.2) is 0 Å². The summed E-state index contributed by atoms with van der Waals surface area (Å²) in [6, 6.07) is 0. The first-order chi connectivity index (χ1) is 6.10. The van der Waals surface area contributed by atoms with Crippen molar-refractivity contribution in [1.29, 1.82) is 0 Å². The van der Waals surface area contributed by atoms with E-state index in [0.29, 0.717) is 0 Å². The number of hydrogen-bond donors (Lipinski definition) is 0. The molecule has 0 aliphatic heterocycles. The molecule has 0 radical (unpaired) electrons. The molecule has 0 spiro atoms. The van der Waals surface area contributed by atoms with Gasteiger partial charge in [-0.05, 0) is 6.92 Å². The lowest BCUT2D eigenvalue weighted by Crippen LogP contribution is -2.22. The minimum Gasteiger partial charge on any atom is -0.438 e. The summed E-state index contributed by atoms with van der Waals surface area (Å²) >= 11 is 0. The summed E-state index contributed by atoms with van der Waals surface area (Å²) in [5, 5.41) is 0. The van der Waals surface area contributed by atoms with Crippen molar-refractivity contribution in [2.24, 2.45) is 0 Å². The second kappa shape index (κ2) is 6.10. The number of hydrogen-bond acceptors (Lipinski definition) is 6. The Morgan fingerprint density at radius 1 is 1.15 bits per heavy atom. The summed E-state index contributed by atoms with van der Waals surface area (Å²) in [4.78, 5) is 21.0. The van der Waals surface area contributed by atoms with Gasteiger partial charge < -0.3 is 18.9 Å². The van der Waals surface area contributed by atoms with E-state index >= 15 is 0 Å². The topological polar surface area (TPSA) is 71.1 Å². The van der Waals surface area contributed by atoms with E-state index in [1.54, 1.807) is 6.92 Å². The van der Waals surface area contributed by atoms with E-state index in [-0.39, 0.29) is 6.61 Å². The highest BCUT2D eigenvalue weighted by atomic mass is 16.7. The van der Waals surface area contributed by atoms with Gasteiger partial charge in [-0.3, -0.25) is 0 Å². The third-order valence-electron chi connectivity index (χ3n) is 1.07. The molecule has 1 atom stereocenters. The summed E-state index contributed by atoms with van der Waals surface area (Å²) in [7, 11) is 2.38. The Morgan fingerprint density at radius 3 is 2.15 bits per heavy atom. The van der Waals surface area contributed by atoms with Gasteiger partial charge in [0, 0.05) is 0 Å². The van der Waals surface area contributed by atoms with Gasteiger partial charge in [-0.15, -0.1) is 0 Å². The van der Waals surface area contributed by atoms with Crippen LogP contribution in [-0.4, -0.2) is 39.2 Å². The fourth-order valence-electron chi connectivity index (χ4n) is 0.491. The van der Waals surface area contributed by atoms with Crippen LogP contribution in [0.25, 0.3) is 0 Å². The molecule has 0 amide bonds. The Kier molecular flexibility index (Phi) is 5.42. The van der Waals surface area contributed by atoms with Gasteiger partial charge in [0.25, 0.3) is 0 Å². The minimum atomic E-state index is -0.819. The lowest BCUT2D eigenvalue weighted by Gasteiger charge is -2.11. The van der Waals surface area contributed by atoms with E-state index in [0.717, 1.165) is 0 Å². The summed E-state index contributed by atoms with van der Waals surface area (Å²) in [5.74, 6) is 0. The summed E-state index contributed by atoms with van der Waals surface area (Å²) < 4.78 is 17.5. The number of carbonyl (C=O) groups excluding carboxylic acids is 2. The van der Waals surface area contributed by atoms with Crippen LogP contribution in [0, 0.1) is 0 Å². The molecule has 0 bridgehead atoms. The van der Waals surface area contributed by atoms with E-state index in [9.17, 15) is 9.59 Å². The van der Waals surface area contributed by atoms with Crippen LogP contribution in [0.5, 0.6) is 0 Å². The van der Waals surface area contributed by atoms with Crippen molar-refractivity contribution in [3.8, 4) is 0 Å². The molecule has 0 rings (SSSR count). The smallest absolute Gasteiger partial charge is 0.438 e. The molecule has 0 aromatic heterocycles. The normalized spacial score (nSPS) is 11.3. The molecule has 0 fully saturated rings. The van der Waals surface area contributed by atoms with Gasteiger partial charge in [-0.25, -0.2) is 9.59 Å². The zero-order chi connectivity index (χ0) is 10.3. The third-order valence-corrected chi connectivity index (χ3v) is 1.07. The largest absolute Gasteiger partial charge is 0.508 e. The molecular weight excluding hydrogens is 180 g/mol.